The maximum Gasteiger partial charge on any atom is 0.307 e. The Morgan fingerprint density at radius 1 is 1.39 bits per heavy atom. The molecule has 1 aromatic carbocycles. The molecule has 1 aromatic rings. The van der Waals surface area contributed by atoms with Crippen LogP contribution >= 0.6 is 11.6 Å². The predicted molar refractivity (Wildman–Crippen MR) is 62.2 cm³/mol. The third-order valence-corrected chi connectivity index (χ3v) is 4.12. The maximum absolute atomic E-state index is 13.2. The largest absolute Gasteiger partial charge is 0.311 e. The molecular weight excluding hydrogens is 288 g/mol. The van der Waals surface area contributed by atoms with E-state index in [1.165, 1.54) is 12.1 Å². The molecule has 1 aliphatic heterocycles. The summed E-state index contributed by atoms with van der Waals surface area (Å²) >= 11 is 5.49. The predicted octanol–water partition coefficient (Wildman–Crippen LogP) is 1.88. The first kappa shape index (κ1) is 13.2. The zero-order valence-electron chi connectivity index (χ0n) is 8.94. The number of amides is 1. The molecule has 4 nitrogen and oxygen atoms in total. The Hall–Kier alpha value is -1.21. The van der Waals surface area contributed by atoms with Crippen LogP contribution in [-0.4, -0.2) is 26.1 Å². The molecular formula is C10H8ClF2NO3S. The molecule has 0 aliphatic carbocycles. The van der Waals surface area contributed by atoms with Crippen LogP contribution in [-0.2, 0) is 15.0 Å². The van der Waals surface area contributed by atoms with Gasteiger partial charge in [0.15, 0.2) is 0 Å². The van der Waals surface area contributed by atoms with Crippen molar-refractivity contribution in [1.82, 2.24) is 0 Å². The standard InChI is InChI=1S/C10H8ClF2NO3S/c11-8-2-1-6(3-9(8)12)14-5-7(4-10(14)15)18(13,16)17/h1-3,7H,4-5H2. The van der Waals surface area contributed by atoms with Gasteiger partial charge in [-0.1, -0.05) is 11.6 Å². The summed E-state index contributed by atoms with van der Waals surface area (Å²) in [5.41, 5.74) is 0.160. The van der Waals surface area contributed by atoms with Gasteiger partial charge >= 0.3 is 10.2 Å². The van der Waals surface area contributed by atoms with Gasteiger partial charge in [0.1, 0.15) is 11.1 Å². The van der Waals surface area contributed by atoms with Crippen molar-refractivity contribution >= 4 is 33.4 Å². The van der Waals surface area contributed by atoms with Crippen LogP contribution in [0.2, 0.25) is 5.02 Å². The summed E-state index contributed by atoms with van der Waals surface area (Å²) in [6, 6.07) is 3.63. The lowest BCUT2D eigenvalue weighted by Crippen LogP contribution is -2.26. The number of benzene rings is 1. The van der Waals surface area contributed by atoms with E-state index in [1.54, 1.807) is 0 Å². The average Bonchev–Trinajstić information content (AvgIpc) is 2.64. The highest BCUT2D eigenvalue weighted by atomic mass is 35.5. The summed E-state index contributed by atoms with van der Waals surface area (Å²) in [5, 5.41) is -1.51. The summed E-state index contributed by atoms with van der Waals surface area (Å²) in [4.78, 5) is 12.6. The van der Waals surface area contributed by atoms with E-state index >= 15 is 0 Å². The van der Waals surface area contributed by atoms with Crippen LogP contribution in [0.1, 0.15) is 6.42 Å². The van der Waals surface area contributed by atoms with Crippen LogP contribution in [0.5, 0.6) is 0 Å². The number of halogens is 3. The van der Waals surface area contributed by atoms with Gasteiger partial charge in [0.05, 0.1) is 5.02 Å². The van der Waals surface area contributed by atoms with E-state index in [9.17, 15) is 21.5 Å². The molecule has 0 saturated carbocycles. The molecule has 1 saturated heterocycles. The second-order valence-corrected chi connectivity index (χ2v) is 5.93. The van der Waals surface area contributed by atoms with E-state index in [1.807, 2.05) is 0 Å². The van der Waals surface area contributed by atoms with Crippen LogP contribution in [0.3, 0.4) is 0 Å². The first-order chi connectivity index (χ1) is 8.29. The smallest absolute Gasteiger partial charge is 0.307 e. The Morgan fingerprint density at radius 2 is 2.06 bits per heavy atom. The highest BCUT2D eigenvalue weighted by Gasteiger charge is 2.39. The minimum atomic E-state index is -4.78. The second kappa shape index (κ2) is 4.47. The Morgan fingerprint density at radius 3 is 2.56 bits per heavy atom. The second-order valence-electron chi connectivity index (χ2n) is 3.90. The van der Waals surface area contributed by atoms with Gasteiger partial charge in [0.2, 0.25) is 5.91 Å². The molecule has 0 aromatic heterocycles. The number of rotatable bonds is 2. The van der Waals surface area contributed by atoms with Gasteiger partial charge in [0.25, 0.3) is 0 Å². The molecule has 8 heteroatoms. The van der Waals surface area contributed by atoms with Gasteiger partial charge in [-0.15, -0.1) is 3.89 Å². The molecule has 1 atom stereocenters. The van der Waals surface area contributed by atoms with Crippen molar-refractivity contribution in [2.24, 2.45) is 0 Å². The molecule has 1 aliphatic rings. The first-order valence-corrected chi connectivity index (χ1v) is 6.80. The highest BCUT2D eigenvalue weighted by molar-refractivity contribution is 7.87. The highest BCUT2D eigenvalue weighted by Crippen LogP contribution is 2.28. The van der Waals surface area contributed by atoms with Crippen molar-refractivity contribution < 1.29 is 21.5 Å². The average molecular weight is 296 g/mol. The number of anilines is 1. The van der Waals surface area contributed by atoms with E-state index in [0.717, 1.165) is 11.0 Å². The van der Waals surface area contributed by atoms with Gasteiger partial charge in [-0.25, -0.2) is 4.39 Å². The lowest BCUT2D eigenvalue weighted by molar-refractivity contribution is -0.117. The maximum atomic E-state index is 13.2. The fraction of sp³-hybridized carbons (Fsp3) is 0.300. The molecule has 1 unspecified atom stereocenters. The van der Waals surface area contributed by atoms with Crippen molar-refractivity contribution in [3.05, 3.63) is 29.0 Å². The number of carbonyl (C=O) groups is 1. The zero-order chi connectivity index (χ0) is 13.5. The van der Waals surface area contributed by atoms with Crippen molar-refractivity contribution in [3.63, 3.8) is 0 Å². The molecule has 0 radical (unpaired) electrons. The van der Waals surface area contributed by atoms with Gasteiger partial charge in [-0.3, -0.25) is 4.79 Å². The number of hydrogen-bond donors (Lipinski definition) is 0. The van der Waals surface area contributed by atoms with Crippen LogP contribution in [0, 0.1) is 5.82 Å². The van der Waals surface area contributed by atoms with Gasteiger partial charge < -0.3 is 4.90 Å². The molecule has 0 N–H and O–H groups in total. The number of nitrogens with zero attached hydrogens (tertiary/aromatic N) is 1. The Kier molecular flexibility index (Phi) is 3.29. The summed E-state index contributed by atoms with van der Waals surface area (Å²) in [7, 11) is -4.78. The van der Waals surface area contributed by atoms with E-state index in [-0.39, 0.29) is 17.3 Å². The minimum absolute atomic E-state index is 0.111. The normalized spacial score (nSPS) is 20.5. The quantitative estimate of drug-likeness (QED) is 0.783. The van der Waals surface area contributed by atoms with Crippen molar-refractivity contribution in [2.75, 3.05) is 11.4 Å². The summed E-state index contributed by atoms with van der Waals surface area (Å²) in [6.07, 6.45) is -0.441. The van der Waals surface area contributed by atoms with Crippen LogP contribution in [0.4, 0.5) is 14.0 Å². The van der Waals surface area contributed by atoms with E-state index in [2.05, 4.69) is 0 Å². The topological polar surface area (TPSA) is 54.5 Å². The van der Waals surface area contributed by atoms with Crippen molar-refractivity contribution in [1.29, 1.82) is 0 Å². The van der Waals surface area contributed by atoms with Gasteiger partial charge in [-0.2, -0.15) is 8.42 Å². The van der Waals surface area contributed by atoms with Crippen LogP contribution in [0.15, 0.2) is 18.2 Å². The van der Waals surface area contributed by atoms with Crippen LogP contribution in [0.25, 0.3) is 0 Å². The third kappa shape index (κ3) is 2.46. The van der Waals surface area contributed by atoms with E-state index in [4.69, 9.17) is 11.6 Å². The van der Waals surface area contributed by atoms with Gasteiger partial charge in [-0.05, 0) is 18.2 Å². The van der Waals surface area contributed by atoms with Crippen molar-refractivity contribution in [2.45, 2.75) is 11.7 Å². The van der Waals surface area contributed by atoms with E-state index < -0.39 is 33.6 Å². The lowest BCUT2D eigenvalue weighted by Gasteiger charge is -2.16. The lowest BCUT2D eigenvalue weighted by atomic mass is 10.3. The fourth-order valence-electron chi connectivity index (χ4n) is 1.77. The molecule has 1 amide bonds. The molecule has 18 heavy (non-hydrogen) atoms. The third-order valence-electron chi connectivity index (χ3n) is 2.70. The minimum Gasteiger partial charge on any atom is -0.311 e. The summed E-state index contributed by atoms with van der Waals surface area (Å²) in [5.74, 6) is -1.29. The zero-order valence-corrected chi connectivity index (χ0v) is 10.5. The van der Waals surface area contributed by atoms with Gasteiger partial charge in [0, 0.05) is 18.7 Å². The molecule has 1 heterocycles. The Labute approximate surface area is 107 Å². The molecule has 0 bridgehead atoms. The van der Waals surface area contributed by atoms with E-state index in [0.29, 0.717) is 0 Å². The Bertz CT molecular complexity index is 605. The first-order valence-electron chi connectivity index (χ1n) is 4.98. The monoisotopic (exact) mass is 295 g/mol. The summed E-state index contributed by atoms with van der Waals surface area (Å²) in [6.45, 7) is -0.321. The number of hydrogen-bond acceptors (Lipinski definition) is 3. The SMILES string of the molecule is O=C1CC(S(=O)(=O)F)CN1c1ccc(Cl)c(F)c1. The number of carbonyl (C=O) groups excluding carboxylic acids is 1. The molecule has 2 rings (SSSR count). The Balaban J connectivity index is 2.30. The molecule has 1 fully saturated rings. The molecule has 98 valence electrons. The van der Waals surface area contributed by atoms with Crippen molar-refractivity contribution in [3.8, 4) is 0 Å². The summed E-state index contributed by atoms with van der Waals surface area (Å²) < 4.78 is 47.5. The molecule has 0 spiro atoms. The van der Waals surface area contributed by atoms with Crippen LogP contribution < -0.4 is 4.90 Å². The fourth-order valence-corrected chi connectivity index (χ4v) is 2.55.